The van der Waals surface area contributed by atoms with Crippen molar-refractivity contribution < 1.29 is 22.4 Å². The van der Waals surface area contributed by atoms with Crippen molar-refractivity contribution in [1.82, 2.24) is 14.7 Å². The van der Waals surface area contributed by atoms with Crippen molar-refractivity contribution in [3.63, 3.8) is 0 Å². The molecule has 0 bridgehead atoms. The Morgan fingerprint density at radius 1 is 1.16 bits per heavy atom. The Labute approximate surface area is 217 Å². The molecule has 2 heterocycles. The first-order valence-corrected chi connectivity index (χ1v) is 13.4. The minimum Gasteiger partial charge on any atom is -0.495 e. The molecule has 0 radical (unpaired) electrons. The second kappa shape index (κ2) is 9.60. The van der Waals surface area contributed by atoms with E-state index in [9.17, 15) is 13.2 Å². The first kappa shape index (κ1) is 24.9. The third-order valence-electron chi connectivity index (χ3n) is 6.01. The van der Waals surface area contributed by atoms with Gasteiger partial charge >= 0.3 is 5.69 Å². The van der Waals surface area contributed by atoms with Gasteiger partial charge in [0.05, 0.1) is 42.4 Å². The van der Waals surface area contributed by atoms with Crippen molar-refractivity contribution in [3.05, 3.63) is 75.3 Å². The number of imidazole rings is 1. The lowest BCUT2D eigenvalue weighted by atomic mass is 10.2. The number of nitrogens with zero attached hydrogens (tertiary/aromatic N) is 2. The third kappa shape index (κ3) is 4.36. The van der Waals surface area contributed by atoms with Gasteiger partial charge in [0.2, 0.25) is 9.84 Å². The topological polar surface area (TPSA) is 116 Å². The van der Waals surface area contributed by atoms with Gasteiger partial charge in [-0.3, -0.25) is 4.57 Å². The van der Waals surface area contributed by atoms with Crippen LogP contribution in [-0.4, -0.2) is 36.8 Å². The summed E-state index contributed by atoms with van der Waals surface area (Å²) in [5, 5.41) is 4.49. The summed E-state index contributed by atoms with van der Waals surface area (Å²) in [7, 11) is -2.91. The molecule has 11 heteroatoms. The molecule has 0 fully saturated rings. The number of nitrogens with one attached hydrogen (secondary N) is 1. The molecule has 0 amide bonds. The minimum atomic E-state index is -4.29. The highest BCUT2D eigenvalue weighted by molar-refractivity contribution is 7.92. The molecule has 1 N–H and O–H groups in total. The average Bonchev–Trinajstić information content (AvgIpc) is 3.40. The second-order valence-electron chi connectivity index (χ2n) is 8.55. The summed E-state index contributed by atoms with van der Waals surface area (Å²) >= 11 is 6.18. The van der Waals surface area contributed by atoms with Gasteiger partial charge in [-0.1, -0.05) is 35.8 Å². The maximum Gasteiger partial charge on any atom is 0.326 e. The number of aromatic nitrogens is 3. The number of sulfone groups is 1. The van der Waals surface area contributed by atoms with Crippen molar-refractivity contribution in [2.24, 2.45) is 0 Å². The third-order valence-corrected chi connectivity index (χ3v) is 8.08. The van der Waals surface area contributed by atoms with Gasteiger partial charge in [-0.15, -0.1) is 0 Å². The Balaban J connectivity index is 1.80. The standard InChI is InChI=1S/C26H24ClN3O6S/c1-4-10-35-18-7-5-6-16(11-18)14-30-24-19(28-26(30)31)13-21-23(15(2)29-36-21)25(24)37(32,33)22-12-17(27)8-9-20(22)34-3/h5-9,11-13H,4,10,14H2,1-3H3,(H,28,31). The molecule has 5 rings (SSSR count). The first-order chi connectivity index (χ1) is 17.7. The molecule has 0 atom stereocenters. The van der Waals surface area contributed by atoms with E-state index < -0.39 is 15.5 Å². The number of benzene rings is 3. The predicted molar refractivity (Wildman–Crippen MR) is 140 cm³/mol. The molecule has 3 aromatic carbocycles. The molecule has 0 aliphatic heterocycles. The highest BCUT2D eigenvalue weighted by atomic mass is 35.5. The van der Waals surface area contributed by atoms with E-state index >= 15 is 0 Å². The highest BCUT2D eigenvalue weighted by Gasteiger charge is 2.32. The molecule has 192 valence electrons. The summed E-state index contributed by atoms with van der Waals surface area (Å²) < 4.78 is 46.4. The van der Waals surface area contributed by atoms with Gasteiger partial charge in [0.15, 0.2) is 5.58 Å². The fourth-order valence-corrected chi connectivity index (χ4v) is 6.52. The van der Waals surface area contributed by atoms with Crippen LogP contribution in [0.4, 0.5) is 0 Å². The van der Waals surface area contributed by atoms with E-state index in [1.807, 2.05) is 31.2 Å². The van der Waals surface area contributed by atoms with Crippen LogP contribution in [-0.2, 0) is 16.4 Å². The molecular formula is C26H24ClN3O6S. The minimum absolute atomic E-state index is 0.104. The van der Waals surface area contributed by atoms with Gasteiger partial charge in [0.1, 0.15) is 21.3 Å². The number of rotatable bonds is 8. The first-order valence-electron chi connectivity index (χ1n) is 11.6. The predicted octanol–water partition coefficient (Wildman–Crippen LogP) is 5.11. The lowest BCUT2D eigenvalue weighted by Crippen LogP contribution is -2.18. The number of hydrogen-bond donors (Lipinski definition) is 1. The fourth-order valence-electron chi connectivity index (χ4n) is 4.37. The van der Waals surface area contributed by atoms with E-state index in [0.717, 1.165) is 12.0 Å². The Kier molecular flexibility index (Phi) is 6.47. The van der Waals surface area contributed by atoms with Gasteiger partial charge < -0.3 is 19.0 Å². The van der Waals surface area contributed by atoms with Crippen LogP contribution < -0.4 is 15.2 Å². The lowest BCUT2D eigenvalue weighted by Gasteiger charge is -2.14. The molecule has 2 aromatic heterocycles. The largest absolute Gasteiger partial charge is 0.495 e. The lowest BCUT2D eigenvalue weighted by molar-refractivity contribution is 0.317. The molecule has 5 aromatic rings. The number of H-pyrrole nitrogens is 1. The monoisotopic (exact) mass is 541 g/mol. The summed E-state index contributed by atoms with van der Waals surface area (Å²) in [6, 6.07) is 13.3. The molecule has 0 saturated carbocycles. The number of hydrogen-bond acceptors (Lipinski definition) is 7. The molecule has 37 heavy (non-hydrogen) atoms. The smallest absolute Gasteiger partial charge is 0.326 e. The number of methoxy groups -OCH3 is 1. The fraction of sp³-hybridized carbons (Fsp3) is 0.231. The van der Waals surface area contributed by atoms with Crippen molar-refractivity contribution in [2.45, 2.75) is 36.6 Å². The normalized spacial score (nSPS) is 11.9. The van der Waals surface area contributed by atoms with Gasteiger partial charge in [0.25, 0.3) is 0 Å². The van der Waals surface area contributed by atoms with Gasteiger partial charge in [-0.2, -0.15) is 0 Å². The van der Waals surface area contributed by atoms with Crippen LogP contribution in [0, 0.1) is 6.92 Å². The Morgan fingerprint density at radius 2 is 1.97 bits per heavy atom. The number of aryl methyl sites for hydroxylation is 1. The molecule has 9 nitrogen and oxygen atoms in total. The summed E-state index contributed by atoms with van der Waals surface area (Å²) in [4.78, 5) is 15.7. The summed E-state index contributed by atoms with van der Waals surface area (Å²) in [6.45, 7) is 4.33. The Hall–Kier alpha value is -3.76. The summed E-state index contributed by atoms with van der Waals surface area (Å²) in [5.41, 5.74) is 1.39. The summed E-state index contributed by atoms with van der Waals surface area (Å²) in [6.07, 6.45) is 0.856. The van der Waals surface area contributed by atoms with Crippen molar-refractivity contribution in [1.29, 1.82) is 0 Å². The van der Waals surface area contributed by atoms with Crippen molar-refractivity contribution in [3.8, 4) is 11.5 Å². The number of ether oxygens (including phenoxy) is 2. The Morgan fingerprint density at radius 3 is 2.73 bits per heavy atom. The quantitative estimate of drug-likeness (QED) is 0.290. The second-order valence-corrected chi connectivity index (χ2v) is 10.8. The molecular weight excluding hydrogens is 518 g/mol. The van der Waals surface area contributed by atoms with Crippen LogP contribution in [0.5, 0.6) is 11.5 Å². The van der Waals surface area contributed by atoms with Crippen LogP contribution in [0.2, 0.25) is 5.02 Å². The Bertz CT molecular complexity index is 1800. The molecule has 0 saturated heterocycles. The molecule has 0 aliphatic rings. The maximum absolute atomic E-state index is 14.3. The highest BCUT2D eigenvalue weighted by Crippen LogP contribution is 2.40. The van der Waals surface area contributed by atoms with Crippen LogP contribution in [0.3, 0.4) is 0 Å². The van der Waals surface area contributed by atoms with Gasteiger partial charge in [-0.05, 0) is 49.2 Å². The zero-order valence-corrected chi connectivity index (χ0v) is 21.9. The van der Waals surface area contributed by atoms with Crippen LogP contribution in [0.15, 0.2) is 67.6 Å². The molecule has 0 aliphatic carbocycles. The van der Waals surface area contributed by atoms with Gasteiger partial charge in [0, 0.05) is 11.1 Å². The summed E-state index contributed by atoms with van der Waals surface area (Å²) in [5.74, 6) is 0.787. The van der Waals surface area contributed by atoms with E-state index in [2.05, 4.69) is 10.1 Å². The van der Waals surface area contributed by atoms with Crippen LogP contribution >= 0.6 is 11.6 Å². The molecule has 0 unspecified atom stereocenters. The van der Waals surface area contributed by atoms with Crippen LogP contribution in [0.1, 0.15) is 24.6 Å². The van der Waals surface area contributed by atoms with E-state index in [0.29, 0.717) is 23.6 Å². The number of fused-ring (bicyclic) bond motifs is 2. The van der Waals surface area contributed by atoms with Gasteiger partial charge in [-0.25, -0.2) is 13.2 Å². The number of halogens is 1. The van der Waals surface area contributed by atoms with Crippen LogP contribution in [0.25, 0.3) is 22.0 Å². The zero-order chi connectivity index (χ0) is 26.3. The molecule has 0 spiro atoms. The maximum atomic E-state index is 14.3. The van der Waals surface area contributed by atoms with Crippen molar-refractivity contribution in [2.75, 3.05) is 13.7 Å². The number of aromatic amines is 1. The van der Waals surface area contributed by atoms with E-state index in [-0.39, 0.29) is 43.6 Å². The average molecular weight is 542 g/mol. The van der Waals surface area contributed by atoms with Crippen molar-refractivity contribution >= 4 is 43.4 Å². The van der Waals surface area contributed by atoms with E-state index in [1.165, 1.54) is 23.8 Å². The van der Waals surface area contributed by atoms with E-state index in [4.69, 9.17) is 25.6 Å². The zero-order valence-electron chi connectivity index (χ0n) is 20.4. The van der Waals surface area contributed by atoms with E-state index in [1.54, 1.807) is 19.1 Å². The SMILES string of the molecule is CCCOc1cccc(Cn2c(=O)[nH]c3cc4onc(C)c4c(S(=O)(=O)c4cc(Cl)ccc4OC)c32)c1.